The van der Waals surface area contributed by atoms with Gasteiger partial charge in [-0.1, -0.05) is 12.1 Å². The fourth-order valence-electron chi connectivity index (χ4n) is 5.02. The molecule has 1 amide bonds. The molecule has 1 atom stereocenters. The molecule has 0 saturated carbocycles. The maximum atomic E-state index is 11.9. The number of carbonyl (C=O) groups excluding carboxylic acids is 1. The van der Waals surface area contributed by atoms with Crippen LogP contribution < -0.4 is 0 Å². The Morgan fingerprint density at radius 2 is 1.96 bits per heavy atom. The van der Waals surface area contributed by atoms with Crippen LogP contribution in [0.3, 0.4) is 0 Å². The molecule has 2 aromatic rings. The van der Waals surface area contributed by atoms with Crippen molar-refractivity contribution in [2.75, 3.05) is 19.6 Å². The molecule has 0 aliphatic carbocycles. The number of carboxylic acid groups (broad SMARTS) is 1. The van der Waals surface area contributed by atoms with Crippen molar-refractivity contribution in [1.29, 1.82) is 0 Å². The van der Waals surface area contributed by atoms with E-state index in [9.17, 15) is 14.7 Å². The summed E-state index contributed by atoms with van der Waals surface area (Å²) in [5.41, 5.74) is 2.56. The number of benzene rings is 1. The first-order valence-electron chi connectivity index (χ1n) is 10.2. The van der Waals surface area contributed by atoms with Crippen molar-refractivity contribution in [2.45, 2.75) is 52.2 Å². The monoisotopic (exact) mass is 383 g/mol. The van der Waals surface area contributed by atoms with E-state index in [2.05, 4.69) is 46.9 Å². The predicted octanol–water partition coefficient (Wildman–Crippen LogP) is 2.95. The number of likely N-dealkylation sites (tertiary alicyclic amines) is 2. The quantitative estimate of drug-likeness (QED) is 0.882. The molecule has 2 aliphatic heterocycles. The number of aliphatic carboxylic acids is 1. The number of carbonyl (C=O) groups is 2. The molecule has 2 fully saturated rings. The normalized spacial score (nSPS) is 22.2. The molecule has 28 heavy (non-hydrogen) atoms. The Morgan fingerprint density at radius 3 is 2.57 bits per heavy atom. The molecule has 6 nitrogen and oxygen atoms in total. The summed E-state index contributed by atoms with van der Waals surface area (Å²) in [5, 5.41) is 10.8. The Hall–Kier alpha value is -2.34. The highest BCUT2D eigenvalue weighted by Gasteiger charge is 2.48. The van der Waals surface area contributed by atoms with E-state index in [0.717, 1.165) is 39.0 Å². The van der Waals surface area contributed by atoms with Crippen LogP contribution in [0.2, 0.25) is 0 Å². The van der Waals surface area contributed by atoms with Crippen molar-refractivity contribution in [1.82, 2.24) is 14.4 Å². The third kappa shape index (κ3) is 3.41. The smallest absolute Gasteiger partial charge is 0.326 e. The minimum Gasteiger partial charge on any atom is -0.480 e. The molecule has 0 bridgehead atoms. The van der Waals surface area contributed by atoms with Crippen molar-refractivity contribution in [3.8, 4) is 0 Å². The molecule has 0 radical (unpaired) electrons. The molecule has 4 rings (SSSR count). The molecule has 3 heterocycles. The predicted molar refractivity (Wildman–Crippen MR) is 108 cm³/mol. The standard InChI is InChI=1S/C22H29N3O3/c1-3-24-9-6-18-5-4-17(12-19(18)24)14-23-10-7-22(8-11-23)13-20(21(27)28)25(15-22)16(2)26/h4-6,9,12,20H,3,7-8,10-11,13-15H2,1-2H3,(H,27,28)/t20-/m0/s1. The number of piperidine rings is 1. The minimum absolute atomic E-state index is 0.0356. The molecule has 6 heteroatoms. The largest absolute Gasteiger partial charge is 0.480 e. The summed E-state index contributed by atoms with van der Waals surface area (Å²) in [4.78, 5) is 27.5. The highest BCUT2D eigenvalue weighted by molar-refractivity contribution is 5.83. The van der Waals surface area contributed by atoms with E-state index in [1.807, 2.05) is 0 Å². The number of fused-ring (bicyclic) bond motifs is 1. The van der Waals surface area contributed by atoms with Gasteiger partial charge in [0.2, 0.25) is 5.91 Å². The van der Waals surface area contributed by atoms with Crippen LogP contribution in [-0.2, 0) is 22.7 Å². The van der Waals surface area contributed by atoms with E-state index in [4.69, 9.17) is 0 Å². The zero-order valence-electron chi connectivity index (χ0n) is 16.7. The Balaban J connectivity index is 1.42. The van der Waals surface area contributed by atoms with Crippen LogP contribution in [0.25, 0.3) is 10.9 Å². The second-order valence-corrected chi connectivity index (χ2v) is 8.48. The van der Waals surface area contributed by atoms with Gasteiger partial charge in [-0.05, 0) is 67.8 Å². The van der Waals surface area contributed by atoms with Crippen molar-refractivity contribution in [2.24, 2.45) is 5.41 Å². The Morgan fingerprint density at radius 1 is 1.21 bits per heavy atom. The summed E-state index contributed by atoms with van der Waals surface area (Å²) in [7, 11) is 0. The van der Waals surface area contributed by atoms with Crippen molar-refractivity contribution in [3.63, 3.8) is 0 Å². The fraction of sp³-hybridized carbons (Fsp3) is 0.545. The molecule has 0 unspecified atom stereocenters. The van der Waals surface area contributed by atoms with E-state index in [0.29, 0.717) is 13.0 Å². The van der Waals surface area contributed by atoms with Gasteiger partial charge in [-0.25, -0.2) is 4.79 Å². The third-order valence-corrected chi connectivity index (χ3v) is 6.70. The van der Waals surface area contributed by atoms with Gasteiger partial charge < -0.3 is 14.6 Å². The number of hydrogen-bond acceptors (Lipinski definition) is 3. The summed E-state index contributed by atoms with van der Waals surface area (Å²) in [6, 6.07) is 8.19. The highest BCUT2D eigenvalue weighted by atomic mass is 16.4. The van der Waals surface area contributed by atoms with Gasteiger partial charge in [0.1, 0.15) is 6.04 Å². The van der Waals surface area contributed by atoms with Gasteiger partial charge in [0.25, 0.3) is 0 Å². The summed E-state index contributed by atoms with van der Waals surface area (Å²) < 4.78 is 2.27. The van der Waals surface area contributed by atoms with Crippen LogP contribution in [0.1, 0.15) is 38.7 Å². The molecule has 1 spiro atoms. The topological polar surface area (TPSA) is 65.8 Å². The molecule has 1 aromatic heterocycles. The third-order valence-electron chi connectivity index (χ3n) is 6.70. The number of aryl methyl sites for hydroxylation is 1. The van der Waals surface area contributed by atoms with Crippen molar-refractivity contribution >= 4 is 22.8 Å². The van der Waals surface area contributed by atoms with E-state index in [1.165, 1.54) is 23.4 Å². The van der Waals surface area contributed by atoms with Crippen LogP contribution >= 0.6 is 0 Å². The lowest BCUT2D eigenvalue weighted by Crippen LogP contribution is -2.42. The Labute approximate surface area is 165 Å². The first-order valence-corrected chi connectivity index (χ1v) is 10.2. The number of nitrogens with zero attached hydrogens (tertiary/aromatic N) is 3. The Kier molecular flexibility index (Phi) is 4.91. The average Bonchev–Trinajstić information content (AvgIpc) is 3.25. The molecule has 1 N–H and O–H groups in total. The summed E-state index contributed by atoms with van der Waals surface area (Å²) in [5.74, 6) is -0.999. The number of amides is 1. The molecule has 1 aromatic carbocycles. The summed E-state index contributed by atoms with van der Waals surface area (Å²) in [6.45, 7) is 8.01. The minimum atomic E-state index is -0.873. The number of rotatable bonds is 4. The fourth-order valence-corrected chi connectivity index (χ4v) is 5.02. The van der Waals surface area contributed by atoms with Crippen molar-refractivity contribution < 1.29 is 14.7 Å². The number of hydrogen-bond donors (Lipinski definition) is 1. The van der Waals surface area contributed by atoms with Gasteiger partial charge in [-0.15, -0.1) is 0 Å². The lowest BCUT2D eigenvalue weighted by atomic mass is 9.76. The Bertz CT molecular complexity index is 872. The lowest BCUT2D eigenvalue weighted by molar-refractivity contribution is -0.147. The van der Waals surface area contributed by atoms with Gasteiger partial charge in [0.15, 0.2) is 0 Å². The number of aromatic nitrogens is 1. The maximum Gasteiger partial charge on any atom is 0.326 e. The van der Waals surface area contributed by atoms with E-state index < -0.39 is 12.0 Å². The summed E-state index contributed by atoms with van der Waals surface area (Å²) in [6.07, 6.45) is 4.63. The van der Waals surface area contributed by atoms with E-state index in [-0.39, 0.29) is 11.3 Å². The van der Waals surface area contributed by atoms with Crippen LogP contribution in [0.5, 0.6) is 0 Å². The van der Waals surface area contributed by atoms with Crippen LogP contribution in [0.4, 0.5) is 0 Å². The molecular weight excluding hydrogens is 354 g/mol. The van der Waals surface area contributed by atoms with Gasteiger partial charge >= 0.3 is 5.97 Å². The molecule has 2 aliphatic rings. The summed E-state index contributed by atoms with van der Waals surface area (Å²) >= 11 is 0. The number of carboxylic acids is 1. The van der Waals surface area contributed by atoms with Crippen LogP contribution in [-0.4, -0.2) is 57.0 Å². The SMILES string of the molecule is CCn1ccc2ccc(CN3CCC4(CC3)C[C@@H](C(=O)O)N(C(C)=O)C4)cc21. The first kappa shape index (κ1) is 19.0. The van der Waals surface area contributed by atoms with Crippen LogP contribution in [0, 0.1) is 5.41 Å². The zero-order chi connectivity index (χ0) is 19.9. The van der Waals surface area contributed by atoms with Crippen molar-refractivity contribution in [3.05, 3.63) is 36.0 Å². The molecule has 2 saturated heterocycles. The molecular formula is C22H29N3O3. The average molecular weight is 383 g/mol. The second-order valence-electron chi connectivity index (χ2n) is 8.48. The van der Waals surface area contributed by atoms with Gasteiger partial charge in [0.05, 0.1) is 0 Å². The van der Waals surface area contributed by atoms with Gasteiger partial charge in [-0.2, -0.15) is 0 Å². The second kappa shape index (κ2) is 7.24. The van der Waals surface area contributed by atoms with Crippen LogP contribution in [0.15, 0.2) is 30.5 Å². The highest BCUT2D eigenvalue weighted by Crippen LogP contribution is 2.43. The van der Waals surface area contributed by atoms with E-state index in [1.54, 1.807) is 4.90 Å². The van der Waals surface area contributed by atoms with Gasteiger partial charge in [0, 0.05) is 38.3 Å². The first-order chi connectivity index (χ1) is 13.4. The lowest BCUT2D eigenvalue weighted by Gasteiger charge is -2.39. The molecule has 150 valence electrons. The maximum absolute atomic E-state index is 11.9. The van der Waals surface area contributed by atoms with Gasteiger partial charge in [-0.3, -0.25) is 9.69 Å². The van der Waals surface area contributed by atoms with E-state index >= 15 is 0 Å². The zero-order valence-corrected chi connectivity index (χ0v) is 16.7.